The second-order valence-corrected chi connectivity index (χ2v) is 7.78. The Kier molecular flexibility index (Phi) is 6.21. The van der Waals surface area contributed by atoms with Gasteiger partial charge >= 0.3 is 0 Å². The van der Waals surface area contributed by atoms with Gasteiger partial charge in [0, 0.05) is 13.1 Å². The molecule has 0 amide bonds. The van der Waals surface area contributed by atoms with Crippen molar-refractivity contribution in [3.05, 3.63) is 35.4 Å². The number of nitrogens with one attached hydrogen (secondary N) is 1. The zero-order valence-corrected chi connectivity index (χ0v) is 13.4. The van der Waals surface area contributed by atoms with Crippen molar-refractivity contribution in [2.24, 2.45) is 11.7 Å². The van der Waals surface area contributed by atoms with Gasteiger partial charge < -0.3 is 5.73 Å². The first-order valence-electron chi connectivity index (χ1n) is 7.84. The van der Waals surface area contributed by atoms with Gasteiger partial charge in [0.1, 0.15) is 0 Å². The summed E-state index contributed by atoms with van der Waals surface area (Å²) in [5.74, 6) is 0.848. The first kappa shape index (κ1) is 16.5. The van der Waals surface area contributed by atoms with Gasteiger partial charge in [-0.3, -0.25) is 0 Å². The molecule has 0 spiro atoms. The van der Waals surface area contributed by atoms with Crippen LogP contribution in [0.2, 0.25) is 0 Å². The second kappa shape index (κ2) is 7.92. The standard InChI is InChI=1S/C16H26N2O2S/c17-12-15-7-3-8-16(11-15)13-21(19,20)18-10-4-9-14-5-1-2-6-14/h3,7-8,11,14,18H,1-2,4-6,9-10,12-13,17H2. The summed E-state index contributed by atoms with van der Waals surface area (Å²) in [6, 6.07) is 7.45. The maximum absolute atomic E-state index is 12.1. The van der Waals surface area contributed by atoms with Gasteiger partial charge in [0.25, 0.3) is 0 Å². The molecule has 1 saturated carbocycles. The van der Waals surface area contributed by atoms with Gasteiger partial charge in [-0.1, -0.05) is 49.9 Å². The van der Waals surface area contributed by atoms with Crippen LogP contribution in [0.25, 0.3) is 0 Å². The summed E-state index contributed by atoms with van der Waals surface area (Å²) in [6.07, 6.45) is 7.40. The van der Waals surface area contributed by atoms with Gasteiger partial charge in [-0.2, -0.15) is 0 Å². The molecule has 21 heavy (non-hydrogen) atoms. The second-order valence-electron chi connectivity index (χ2n) is 5.97. The molecule has 0 aliphatic heterocycles. The van der Waals surface area contributed by atoms with Gasteiger partial charge in [-0.05, 0) is 29.9 Å². The minimum absolute atomic E-state index is 0.0320. The van der Waals surface area contributed by atoms with E-state index in [2.05, 4.69) is 4.72 Å². The van der Waals surface area contributed by atoms with Crippen LogP contribution < -0.4 is 10.5 Å². The van der Waals surface area contributed by atoms with Crippen LogP contribution in [-0.4, -0.2) is 15.0 Å². The third kappa shape index (κ3) is 5.77. The van der Waals surface area contributed by atoms with Crippen LogP contribution in [0.1, 0.15) is 49.7 Å². The van der Waals surface area contributed by atoms with Crippen LogP contribution in [0.5, 0.6) is 0 Å². The van der Waals surface area contributed by atoms with Crippen molar-refractivity contribution in [2.45, 2.75) is 50.8 Å². The van der Waals surface area contributed by atoms with E-state index in [-0.39, 0.29) is 5.75 Å². The third-order valence-electron chi connectivity index (χ3n) is 4.17. The topological polar surface area (TPSA) is 72.2 Å². The van der Waals surface area contributed by atoms with E-state index in [9.17, 15) is 8.42 Å². The molecule has 0 saturated heterocycles. The lowest BCUT2D eigenvalue weighted by Crippen LogP contribution is -2.26. The van der Waals surface area contributed by atoms with Crippen molar-refractivity contribution in [3.8, 4) is 0 Å². The Balaban J connectivity index is 1.75. The molecule has 1 fully saturated rings. The quantitative estimate of drug-likeness (QED) is 0.725. The maximum Gasteiger partial charge on any atom is 0.215 e. The Hall–Kier alpha value is -0.910. The molecule has 2 rings (SSSR count). The average Bonchev–Trinajstić information content (AvgIpc) is 2.96. The van der Waals surface area contributed by atoms with E-state index >= 15 is 0 Å². The highest BCUT2D eigenvalue weighted by Crippen LogP contribution is 2.28. The Morgan fingerprint density at radius 1 is 1.19 bits per heavy atom. The molecule has 1 aromatic carbocycles. The number of hydrogen-bond donors (Lipinski definition) is 2. The molecule has 1 aliphatic rings. The normalized spacial score (nSPS) is 16.4. The molecule has 5 heteroatoms. The Morgan fingerprint density at radius 3 is 2.62 bits per heavy atom. The minimum atomic E-state index is -3.25. The summed E-state index contributed by atoms with van der Waals surface area (Å²) < 4.78 is 26.8. The number of hydrogen-bond acceptors (Lipinski definition) is 3. The predicted molar refractivity (Wildman–Crippen MR) is 86.2 cm³/mol. The fourth-order valence-corrected chi connectivity index (χ4v) is 4.21. The first-order chi connectivity index (χ1) is 10.1. The highest BCUT2D eigenvalue weighted by molar-refractivity contribution is 7.88. The number of nitrogens with two attached hydrogens (primary N) is 1. The van der Waals surface area contributed by atoms with Crippen molar-refractivity contribution >= 4 is 10.0 Å². The van der Waals surface area contributed by atoms with Crippen LogP contribution in [0.4, 0.5) is 0 Å². The smallest absolute Gasteiger partial charge is 0.215 e. The lowest BCUT2D eigenvalue weighted by molar-refractivity contribution is 0.480. The highest BCUT2D eigenvalue weighted by atomic mass is 32.2. The molecule has 118 valence electrons. The van der Waals surface area contributed by atoms with E-state index < -0.39 is 10.0 Å². The van der Waals surface area contributed by atoms with Gasteiger partial charge in [-0.25, -0.2) is 13.1 Å². The van der Waals surface area contributed by atoms with Crippen LogP contribution in [-0.2, 0) is 22.3 Å². The number of sulfonamides is 1. The van der Waals surface area contributed by atoms with Crippen molar-refractivity contribution in [1.82, 2.24) is 4.72 Å². The first-order valence-corrected chi connectivity index (χ1v) is 9.49. The summed E-state index contributed by atoms with van der Waals surface area (Å²) in [7, 11) is -3.25. The molecule has 1 aliphatic carbocycles. The molecule has 0 heterocycles. The lowest BCUT2D eigenvalue weighted by atomic mass is 10.0. The summed E-state index contributed by atoms with van der Waals surface area (Å²) in [5, 5.41) is 0. The summed E-state index contributed by atoms with van der Waals surface area (Å²) >= 11 is 0. The van der Waals surface area contributed by atoms with Crippen LogP contribution in [0.3, 0.4) is 0 Å². The van der Waals surface area contributed by atoms with Crippen molar-refractivity contribution < 1.29 is 8.42 Å². The Labute approximate surface area is 128 Å². The highest BCUT2D eigenvalue weighted by Gasteiger charge is 2.15. The Morgan fingerprint density at radius 2 is 1.90 bits per heavy atom. The fourth-order valence-electron chi connectivity index (χ4n) is 3.03. The largest absolute Gasteiger partial charge is 0.326 e. The van der Waals surface area contributed by atoms with Crippen molar-refractivity contribution in [1.29, 1.82) is 0 Å². The average molecular weight is 310 g/mol. The molecular weight excluding hydrogens is 284 g/mol. The monoisotopic (exact) mass is 310 g/mol. The summed E-state index contributed by atoms with van der Waals surface area (Å²) in [5.41, 5.74) is 7.33. The van der Waals surface area contributed by atoms with Crippen LogP contribution >= 0.6 is 0 Å². The van der Waals surface area contributed by atoms with E-state index in [4.69, 9.17) is 5.73 Å². The van der Waals surface area contributed by atoms with Gasteiger partial charge in [0.05, 0.1) is 5.75 Å². The predicted octanol–water partition coefficient (Wildman–Crippen LogP) is 2.54. The van der Waals surface area contributed by atoms with Crippen LogP contribution in [0.15, 0.2) is 24.3 Å². The third-order valence-corrected chi connectivity index (χ3v) is 5.53. The zero-order chi connectivity index (χ0) is 15.1. The SMILES string of the molecule is NCc1cccc(CS(=O)(=O)NCCCC2CCCC2)c1. The fraction of sp³-hybridized carbons (Fsp3) is 0.625. The minimum Gasteiger partial charge on any atom is -0.326 e. The van der Waals surface area contributed by atoms with Gasteiger partial charge in [-0.15, -0.1) is 0 Å². The number of benzene rings is 1. The van der Waals surface area contributed by atoms with Crippen LogP contribution in [0, 0.1) is 5.92 Å². The van der Waals surface area contributed by atoms with E-state index in [0.29, 0.717) is 13.1 Å². The van der Waals surface area contributed by atoms with E-state index in [1.807, 2.05) is 24.3 Å². The molecule has 4 nitrogen and oxygen atoms in total. The van der Waals surface area contributed by atoms with Crippen molar-refractivity contribution in [3.63, 3.8) is 0 Å². The molecular formula is C16H26N2O2S. The molecule has 3 N–H and O–H groups in total. The van der Waals surface area contributed by atoms with Gasteiger partial charge in [0.15, 0.2) is 0 Å². The molecule has 0 atom stereocenters. The summed E-state index contributed by atoms with van der Waals surface area (Å²) in [4.78, 5) is 0. The zero-order valence-electron chi connectivity index (χ0n) is 12.6. The Bertz CT molecular complexity index is 537. The van der Waals surface area contributed by atoms with E-state index in [0.717, 1.165) is 29.9 Å². The van der Waals surface area contributed by atoms with Gasteiger partial charge in [0.2, 0.25) is 10.0 Å². The number of rotatable bonds is 8. The molecule has 0 unspecified atom stereocenters. The molecule has 0 radical (unpaired) electrons. The van der Waals surface area contributed by atoms with E-state index in [1.165, 1.54) is 25.7 Å². The van der Waals surface area contributed by atoms with E-state index in [1.54, 1.807) is 0 Å². The molecule has 0 bridgehead atoms. The molecule has 1 aromatic rings. The maximum atomic E-state index is 12.1. The lowest BCUT2D eigenvalue weighted by Gasteiger charge is -2.10. The molecule has 0 aromatic heterocycles. The summed E-state index contributed by atoms with van der Waals surface area (Å²) in [6.45, 7) is 0.984. The van der Waals surface area contributed by atoms with Crippen molar-refractivity contribution in [2.75, 3.05) is 6.54 Å².